The van der Waals surface area contributed by atoms with Crippen molar-refractivity contribution >= 4 is 12.1 Å². The maximum atomic E-state index is 13.3. The smallest absolute Gasteiger partial charge is 0.410 e. The van der Waals surface area contributed by atoms with Gasteiger partial charge in [0.25, 0.3) is 0 Å². The highest BCUT2D eigenvalue weighted by Gasteiger charge is 2.34. The maximum Gasteiger partial charge on any atom is 0.410 e. The van der Waals surface area contributed by atoms with Gasteiger partial charge in [0.05, 0.1) is 32.3 Å². The summed E-state index contributed by atoms with van der Waals surface area (Å²) < 4.78 is 29.7. The standard InChI is InChI=1S/C20H28FNO5/c1-5-25-18(23)12-16(14-6-8-15(21)9-7-14)17-13-22(10-11-26-17)19(24)27-20(2,3)4/h6-9,16-17H,5,10-13H2,1-4H3. The van der Waals surface area contributed by atoms with Crippen LogP contribution in [0.4, 0.5) is 9.18 Å². The molecule has 2 unspecified atom stereocenters. The first-order valence-electron chi connectivity index (χ1n) is 9.20. The monoisotopic (exact) mass is 381 g/mol. The van der Waals surface area contributed by atoms with Crippen molar-refractivity contribution in [3.05, 3.63) is 35.6 Å². The summed E-state index contributed by atoms with van der Waals surface area (Å²) in [6, 6.07) is 5.97. The molecule has 0 aromatic heterocycles. The minimum atomic E-state index is -0.591. The van der Waals surface area contributed by atoms with Gasteiger partial charge in [-0.25, -0.2) is 9.18 Å². The number of nitrogens with zero attached hydrogens (tertiary/aromatic N) is 1. The fourth-order valence-corrected chi connectivity index (χ4v) is 2.98. The van der Waals surface area contributed by atoms with Crippen LogP contribution >= 0.6 is 0 Å². The fraction of sp³-hybridized carbons (Fsp3) is 0.600. The van der Waals surface area contributed by atoms with Crippen molar-refractivity contribution < 1.29 is 28.2 Å². The summed E-state index contributed by atoms with van der Waals surface area (Å²) in [6.45, 7) is 8.50. The van der Waals surface area contributed by atoms with Crippen molar-refractivity contribution in [1.82, 2.24) is 4.90 Å². The van der Waals surface area contributed by atoms with Crippen molar-refractivity contribution in [3.8, 4) is 0 Å². The van der Waals surface area contributed by atoms with Gasteiger partial charge >= 0.3 is 12.1 Å². The van der Waals surface area contributed by atoms with E-state index in [-0.39, 0.29) is 37.3 Å². The largest absolute Gasteiger partial charge is 0.466 e. The molecule has 1 aliphatic heterocycles. The molecule has 1 aromatic carbocycles. The van der Waals surface area contributed by atoms with E-state index in [1.54, 1.807) is 24.0 Å². The number of hydrogen-bond donors (Lipinski definition) is 0. The third-order valence-corrected chi connectivity index (χ3v) is 4.18. The first-order valence-corrected chi connectivity index (χ1v) is 9.20. The van der Waals surface area contributed by atoms with E-state index in [0.717, 1.165) is 5.56 Å². The van der Waals surface area contributed by atoms with Crippen molar-refractivity contribution in [2.75, 3.05) is 26.3 Å². The van der Waals surface area contributed by atoms with Crippen LogP contribution in [0.1, 0.15) is 45.6 Å². The summed E-state index contributed by atoms with van der Waals surface area (Å²) in [5.74, 6) is -1.06. The average Bonchev–Trinajstić information content (AvgIpc) is 2.59. The molecule has 150 valence electrons. The lowest BCUT2D eigenvalue weighted by Gasteiger charge is -2.37. The molecule has 7 heteroatoms. The molecule has 0 N–H and O–H groups in total. The first-order chi connectivity index (χ1) is 12.7. The van der Waals surface area contributed by atoms with Crippen LogP contribution in [0.25, 0.3) is 0 Å². The molecule has 0 saturated carbocycles. The van der Waals surface area contributed by atoms with E-state index in [1.807, 2.05) is 20.8 Å². The lowest BCUT2D eigenvalue weighted by atomic mass is 9.89. The van der Waals surface area contributed by atoms with Gasteiger partial charge < -0.3 is 19.1 Å². The first kappa shape index (κ1) is 21.2. The van der Waals surface area contributed by atoms with Gasteiger partial charge in [0.15, 0.2) is 0 Å². The summed E-state index contributed by atoms with van der Waals surface area (Å²) in [7, 11) is 0. The second-order valence-electron chi connectivity index (χ2n) is 7.50. The normalized spacial score (nSPS) is 18.7. The van der Waals surface area contributed by atoms with Gasteiger partial charge in [0, 0.05) is 12.5 Å². The van der Waals surface area contributed by atoms with Crippen LogP contribution in [-0.2, 0) is 19.0 Å². The molecule has 27 heavy (non-hydrogen) atoms. The summed E-state index contributed by atoms with van der Waals surface area (Å²) in [5.41, 5.74) is 0.173. The van der Waals surface area contributed by atoms with Gasteiger partial charge in [0.2, 0.25) is 0 Å². The second kappa shape index (κ2) is 9.17. The van der Waals surface area contributed by atoms with E-state index in [2.05, 4.69) is 0 Å². The number of amides is 1. The number of rotatable bonds is 5. The lowest BCUT2D eigenvalue weighted by Crippen LogP contribution is -2.49. The Kier molecular flexibility index (Phi) is 7.18. The summed E-state index contributed by atoms with van der Waals surface area (Å²) in [5, 5.41) is 0. The number of ether oxygens (including phenoxy) is 3. The van der Waals surface area contributed by atoms with Gasteiger partial charge in [-0.15, -0.1) is 0 Å². The lowest BCUT2D eigenvalue weighted by molar-refractivity contribution is -0.145. The number of hydrogen-bond acceptors (Lipinski definition) is 5. The molecule has 1 saturated heterocycles. The minimum absolute atomic E-state index is 0.0896. The molecule has 0 spiro atoms. The van der Waals surface area contributed by atoms with E-state index >= 15 is 0 Å². The fourth-order valence-electron chi connectivity index (χ4n) is 2.98. The molecule has 1 amide bonds. The molecule has 1 heterocycles. The molecule has 6 nitrogen and oxygen atoms in total. The minimum Gasteiger partial charge on any atom is -0.466 e. The van der Waals surface area contributed by atoms with Gasteiger partial charge in [-0.05, 0) is 45.4 Å². The SMILES string of the molecule is CCOC(=O)CC(c1ccc(F)cc1)C1CN(C(=O)OC(C)(C)C)CCO1. The Labute approximate surface area is 159 Å². The van der Waals surface area contributed by atoms with Crippen molar-refractivity contribution in [1.29, 1.82) is 0 Å². The van der Waals surface area contributed by atoms with E-state index < -0.39 is 17.8 Å². The van der Waals surface area contributed by atoms with E-state index in [4.69, 9.17) is 14.2 Å². The van der Waals surface area contributed by atoms with Crippen LogP contribution in [0, 0.1) is 5.82 Å². The third kappa shape index (κ3) is 6.50. The maximum absolute atomic E-state index is 13.3. The van der Waals surface area contributed by atoms with Gasteiger partial charge in [-0.3, -0.25) is 4.79 Å². The number of halogens is 1. The molecule has 1 fully saturated rings. The van der Waals surface area contributed by atoms with Crippen LogP contribution in [0.3, 0.4) is 0 Å². The van der Waals surface area contributed by atoms with Gasteiger partial charge in [0.1, 0.15) is 11.4 Å². The molecule has 0 bridgehead atoms. The number of benzene rings is 1. The van der Waals surface area contributed by atoms with E-state index in [0.29, 0.717) is 13.2 Å². The Morgan fingerprint density at radius 2 is 1.96 bits per heavy atom. The summed E-state index contributed by atoms with van der Waals surface area (Å²) in [4.78, 5) is 26.1. The van der Waals surface area contributed by atoms with Crippen LogP contribution in [0.5, 0.6) is 0 Å². The van der Waals surface area contributed by atoms with E-state index in [1.165, 1.54) is 12.1 Å². The molecule has 1 aromatic rings. The van der Waals surface area contributed by atoms with Crippen LogP contribution in [-0.4, -0.2) is 55.0 Å². The van der Waals surface area contributed by atoms with Crippen molar-refractivity contribution in [2.24, 2.45) is 0 Å². The number of carbonyl (C=O) groups is 2. The van der Waals surface area contributed by atoms with Crippen molar-refractivity contribution in [2.45, 2.75) is 51.7 Å². The van der Waals surface area contributed by atoms with E-state index in [9.17, 15) is 14.0 Å². The Bertz CT molecular complexity index is 641. The second-order valence-corrected chi connectivity index (χ2v) is 7.50. The average molecular weight is 381 g/mol. The molecule has 2 rings (SSSR count). The number of carbonyl (C=O) groups excluding carboxylic acids is 2. The third-order valence-electron chi connectivity index (χ3n) is 4.18. The Morgan fingerprint density at radius 1 is 1.30 bits per heavy atom. The summed E-state index contributed by atoms with van der Waals surface area (Å²) >= 11 is 0. The topological polar surface area (TPSA) is 65.1 Å². The summed E-state index contributed by atoms with van der Waals surface area (Å²) in [6.07, 6.45) is -0.738. The van der Waals surface area contributed by atoms with Crippen LogP contribution < -0.4 is 0 Å². The number of morpholine rings is 1. The highest BCUT2D eigenvalue weighted by atomic mass is 19.1. The Balaban J connectivity index is 2.17. The zero-order valence-electron chi connectivity index (χ0n) is 16.4. The molecule has 1 aliphatic rings. The zero-order chi connectivity index (χ0) is 20.0. The van der Waals surface area contributed by atoms with Crippen LogP contribution in [0.15, 0.2) is 24.3 Å². The van der Waals surface area contributed by atoms with Gasteiger partial charge in [-0.2, -0.15) is 0 Å². The predicted octanol–water partition coefficient (Wildman–Crippen LogP) is 3.50. The zero-order valence-corrected chi connectivity index (χ0v) is 16.4. The van der Waals surface area contributed by atoms with Gasteiger partial charge in [-0.1, -0.05) is 12.1 Å². The Morgan fingerprint density at radius 3 is 2.56 bits per heavy atom. The molecular weight excluding hydrogens is 353 g/mol. The highest BCUT2D eigenvalue weighted by Crippen LogP contribution is 2.29. The molecule has 2 atom stereocenters. The molecular formula is C20H28FNO5. The van der Waals surface area contributed by atoms with Crippen LogP contribution in [0.2, 0.25) is 0 Å². The Hall–Kier alpha value is -2.15. The predicted molar refractivity (Wildman–Crippen MR) is 97.9 cm³/mol. The van der Waals surface area contributed by atoms with Crippen molar-refractivity contribution in [3.63, 3.8) is 0 Å². The molecule has 0 aliphatic carbocycles. The highest BCUT2D eigenvalue weighted by molar-refractivity contribution is 5.71. The number of esters is 1. The quantitative estimate of drug-likeness (QED) is 0.731. The molecule has 0 radical (unpaired) electrons.